The van der Waals surface area contributed by atoms with Crippen molar-refractivity contribution in [3.63, 3.8) is 0 Å². The monoisotopic (exact) mass is 254 g/mol. The Bertz CT molecular complexity index is 329. The summed E-state index contributed by atoms with van der Waals surface area (Å²) in [6.07, 6.45) is 3.14. The largest absolute Gasteiger partial charge is 0.481 e. The third-order valence-electron chi connectivity index (χ3n) is 4.34. The zero-order valence-corrected chi connectivity index (χ0v) is 10.9. The molecule has 1 atom stereocenters. The van der Waals surface area contributed by atoms with Crippen LogP contribution < -0.4 is 5.32 Å². The Labute approximate surface area is 108 Å². The first-order valence-electron chi connectivity index (χ1n) is 6.76. The van der Waals surface area contributed by atoms with Crippen molar-refractivity contribution in [3.05, 3.63) is 0 Å². The topological polar surface area (TPSA) is 69.6 Å². The van der Waals surface area contributed by atoms with Crippen LogP contribution in [0.5, 0.6) is 0 Å². The summed E-state index contributed by atoms with van der Waals surface area (Å²) in [5.74, 6) is -0.448. The van der Waals surface area contributed by atoms with Crippen LogP contribution in [0.2, 0.25) is 0 Å². The normalized spacial score (nSPS) is 27.8. The quantitative estimate of drug-likeness (QED) is 0.761. The number of carbonyl (C=O) groups excluding carboxylic acids is 1. The highest BCUT2D eigenvalue weighted by Crippen LogP contribution is 2.31. The Balaban J connectivity index is 1.89. The number of rotatable bonds is 2. The molecule has 0 radical (unpaired) electrons. The third kappa shape index (κ3) is 2.66. The van der Waals surface area contributed by atoms with Crippen LogP contribution in [0, 0.1) is 11.3 Å². The second-order valence-corrected chi connectivity index (χ2v) is 5.73. The number of likely N-dealkylation sites (tertiary alicyclic amines) is 1. The summed E-state index contributed by atoms with van der Waals surface area (Å²) in [5, 5.41) is 12.4. The molecule has 1 amide bonds. The summed E-state index contributed by atoms with van der Waals surface area (Å²) in [7, 11) is 0. The van der Waals surface area contributed by atoms with Crippen LogP contribution >= 0.6 is 0 Å². The lowest BCUT2D eigenvalue weighted by Gasteiger charge is -2.38. The molecule has 2 saturated heterocycles. The van der Waals surface area contributed by atoms with Crippen LogP contribution in [0.1, 0.15) is 32.6 Å². The maximum atomic E-state index is 12.3. The summed E-state index contributed by atoms with van der Waals surface area (Å²) in [6, 6.07) is 0. The fourth-order valence-corrected chi connectivity index (χ4v) is 2.76. The molecule has 2 aliphatic heterocycles. The van der Waals surface area contributed by atoms with Crippen molar-refractivity contribution >= 4 is 11.9 Å². The lowest BCUT2D eigenvalue weighted by atomic mass is 9.80. The standard InChI is InChI=1S/C13H22N2O3/c1-13(12(17)18)4-7-15(8-5-13)11(16)10-3-2-6-14-9-10/h10,14H,2-9H2,1H3,(H,17,18)/t10-/m0/s1. The highest BCUT2D eigenvalue weighted by molar-refractivity contribution is 5.80. The van der Waals surface area contributed by atoms with Crippen molar-refractivity contribution in [1.82, 2.24) is 10.2 Å². The van der Waals surface area contributed by atoms with Gasteiger partial charge in [-0.3, -0.25) is 9.59 Å². The van der Waals surface area contributed by atoms with Gasteiger partial charge < -0.3 is 15.3 Å². The minimum Gasteiger partial charge on any atom is -0.481 e. The van der Waals surface area contributed by atoms with E-state index in [0.717, 1.165) is 25.9 Å². The molecule has 102 valence electrons. The van der Waals surface area contributed by atoms with Crippen LogP contribution in [0.15, 0.2) is 0 Å². The minimum absolute atomic E-state index is 0.0907. The molecule has 0 aromatic heterocycles. The molecule has 0 aromatic rings. The first-order chi connectivity index (χ1) is 8.53. The average molecular weight is 254 g/mol. The van der Waals surface area contributed by atoms with Crippen LogP contribution in [0.4, 0.5) is 0 Å². The van der Waals surface area contributed by atoms with Gasteiger partial charge in [-0.05, 0) is 39.2 Å². The van der Waals surface area contributed by atoms with Gasteiger partial charge in [-0.15, -0.1) is 0 Å². The highest BCUT2D eigenvalue weighted by Gasteiger charge is 2.39. The van der Waals surface area contributed by atoms with E-state index in [2.05, 4.69) is 5.32 Å². The predicted octanol–water partition coefficient (Wildman–Crippen LogP) is 0.699. The van der Waals surface area contributed by atoms with Gasteiger partial charge in [0.1, 0.15) is 0 Å². The van der Waals surface area contributed by atoms with Gasteiger partial charge in [0, 0.05) is 19.6 Å². The van der Waals surface area contributed by atoms with Gasteiger partial charge in [-0.2, -0.15) is 0 Å². The molecule has 0 aliphatic carbocycles. The van der Waals surface area contributed by atoms with E-state index in [4.69, 9.17) is 5.11 Å². The first-order valence-corrected chi connectivity index (χ1v) is 6.76. The number of amides is 1. The number of hydrogen-bond acceptors (Lipinski definition) is 3. The number of nitrogens with one attached hydrogen (secondary N) is 1. The predicted molar refractivity (Wildman–Crippen MR) is 67.2 cm³/mol. The number of hydrogen-bond donors (Lipinski definition) is 2. The Kier molecular flexibility index (Phi) is 3.90. The van der Waals surface area contributed by atoms with E-state index in [1.54, 1.807) is 6.92 Å². The molecule has 2 rings (SSSR count). The molecule has 0 aromatic carbocycles. The Hall–Kier alpha value is -1.10. The lowest BCUT2D eigenvalue weighted by molar-refractivity contribution is -0.153. The number of piperidine rings is 2. The molecule has 5 heteroatoms. The van der Waals surface area contributed by atoms with E-state index in [-0.39, 0.29) is 11.8 Å². The van der Waals surface area contributed by atoms with Crippen molar-refractivity contribution in [2.45, 2.75) is 32.6 Å². The maximum Gasteiger partial charge on any atom is 0.309 e. The molecular weight excluding hydrogens is 232 g/mol. The third-order valence-corrected chi connectivity index (χ3v) is 4.34. The molecular formula is C13H22N2O3. The van der Waals surface area contributed by atoms with Crippen molar-refractivity contribution in [3.8, 4) is 0 Å². The van der Waals surface area contributed by atoms with E-state index in [9.17, 15) is 9.59 Å². The fourth-order valence-electron chi connectivity index (χ4n) is 2.76. The second-order valence-electron chi connectivity index (χ2n) is 5.73. The van der Waals surface area contributed by atoms with Crippen LogP contribution in [-0.4, -0.2) is 48.1 Å². The van der Waals surface area contributed by atoms with Gasteiger partial charge >= 0.3 is 5.97 Å². The smallest absolute Gasteiger partial charge is 0.309 e. The van der Waals surface area contributed by atoms with Crippen molar-refractivity contribution in [1.29, 1.82) is 0 Å². The molecule has 5 nitrogen and oxygen atoms in total. The number of aliphatic carboxylic acids is 1. The lowest BCUT2D eigenvalue weighted by Crippen LogP contribution is -2.49. The molecule has 2 fully saturated rings. The summed E-state index contributed by atoms with van der Waals surface area (Å²) >= 11 is 0. The van der Waals surface area contributed by atoms with Gasteiger partial charge in [0.15, 0.2) is 0 Å². The summed E-state index contributed by atoms with van der Waals surface area (Å²) in [5.41, 5.74) is -0.651. The SMILES string of the molecule is CC1(C(=O)O)CCN(C(=O)[C@H]2CCCNC2)CC1. The van der Waals surface area contributed by atoms with E-state index in [1.807, 2.05) is 4.90 Å². The second kappa shape index (κ2) is 5.26. The van der Waals surface area contributed by atoms with Crippen LogP contribution in [0.25, 0.3) is 0 Å². The minimum atomic E-state index is -0.742. The Morgan fingerprint density at radius 3 is 2.50 bits per heavy atom. The summed E-state index contributed by atoms with van der Waals surface area (Å²) in [4.78, 5) is 25.3. The number of carboxylic acids is 1. The van der Waals surface area contributed by atoms with Crippen molar-refractivity contribution in [2.24, 2.45) is 11.3 Å². The molecule has 2 heterocycles. The van der Waals surface area contributed by atoms with Crippen molar-refractivity contribution in [2.75, 3.05) is 26.2 Å². The zero-order chi connectivity index (χ0) is 13.2. The molecule has 0 spiro atoms. The fraction of sp³-hybridized carbons (Fsp3) is 0.846. The number of nitrogens with zero attached hydrogens (tertiary/aromatic N) is 1. The van der Waals surface area contributed by atoms with E-state index < -0.39 is 11.4 Å². The Morgan fingerprint density at radius 1 is 1.33 bits per heavy atom. The molecule has 2 aliphatic rings. The highest BCUT2D eigenvalue weighted by atomic mass is 16.4. The zero-order valence-electron chi connectivity index (χ0n) is 10.9. The maximum absolute atomic E-state index is 12.3. The summed E-state index contributed by atoms with van der Waals surface area (Å²) < 4.78 is 0. The number of carbonyl (C=O) groups is 2. The Morgan fingerprint density at radius 2 is 2.00 bits per heavy atom. The van der Waals surface area contributed by atoms with Gasteiger partial charge in [0.05, 0.1) is 11.3 Å². The number of carboxylic acid groups (broad SMARTS) is 1. The van der Waals surface area contributed by atoms with Gasteiger partial charge in [0.25, 0.3) is 0 Å². The molecule has 18 heavy (non-hydrogen) atoms. The molecule has 0 unspecified atom stereocenters. The average Bonchev–Trinajstić information content (AvgIpc) is 2.40. The molecule has 2 N–H and O–H groups in total. The first kappa shape index (κ1) is 13.3. The van der Waals surface area contributed by atoms with E-state index in [1.165, 1.54) is 0 Å². The van der Waals surface area contributed by atoms with Gasteiger partial charge in [-0.25, -0.2) is 0 Å². The molecule has 0 saturated carbocycles. The van der Waals surface area contributed by atoms with Crippen LogP contribution in [0.3, 0.4) is 0 Å². The van der Waals surface area contributed by atoms with Crippen molar-refractivity contribution < 1.29 is 14.7 Å². The summed E-state index contributed by atoms with van der Waals surface area (Å²) in [6.45, 7) is 4.71. The van der Waals surface area contributed by atoms with Crippen LogP contribution in [-0.2, 0) is 9.59 Å². The van der Waals surface area contributed by atoms with E-state index in [0.29, 0.717) is 25.9 Å². The molecule has 0 bridgehead atoms. The van der Waals surface area contributed by atoms with E-state index >= 15 is 0 Å². The van der Waals surface area contributed by atoms with Gasteiger partial charge in [0.2, 0.25) is 5.91 Å². The van der Waals surface area contributed by atoms with Gasteiger partial charge in [-0.1, -0.05) is 0 Å².